The fourth-order valence-corrected chi connectivity index (χ4v) is 4.85. The Morgan fingerprint density at radius 2 is 1.93 bits per heavy atom. The monoisotopic (exact) mass is 418 g/mol. The maximum atomic E-state index is 12.5. The van der Waals surface area contributed by atoms with Crippen molar-refractivity contribution in [1.82, 2.24) is 14.5 Å². The maximum absolute atomic E-state index is 12.5. The lowest BCUT2D eigenvalue weighted by molar-refractivity contribution is 0.216. The molecule has 0 atom stereocenters. The van der Waals surface area contributed by atoms with Crippen molar-refractivity contribution >= 4 is 24.4 Å². The van der Waals surface area contributed by atoms with Crippen LogP contribution in [-0.2, 0) is 20.7 Å². The molecular formula is C20H27N4O4P. The molecular weight excluding hydrogens is 391 g/mol. The van der Waals surface area contributed by atoms with Crippen LogP contribution in [0, 0.1) is 0 Å². The summed E-state index contributed by atoms with van der Waals surface area (Å²) in [5, 5.41) is 0.821. The van der Waals surface area contributed by atoms with E-state index < -0.39 is 7.60 Å². The van der Waals surface area contributed by atoms with Crippen LogP contribution in [-0.4, -0.2) is 40.5 Å². The molecule has 3 aromatic rings. The molecule has 1 aromatic carbocycles. The van der Waals surface area contributed by atoms with Crippen LogP contribution >= 0.6 is 7.60 Å². The number of aromatic nitrogens is 3. The second kappa shape index (κ2) is 9.39. The summed E-state index contributed by atoms with van der Waals surface area (Å²) in [6, 6.07) is 7.76. The maximum Gasteiger partial charge on any atom is 0.330 e. The Labute approximate surface area is 170 Å². The molecule has 2 heterocycles. The molecule has 0 unspecified atom stereocenters. The molecule has 0 aliphatic heterocycles. The van der Waals surface area contributed by atoms with E-state index in [0.29, 0.717) is 38.2 Å². The normalized spacial score (nSPS) is 11.8. The Morgan fingerprint density at radius 3 is 2.66 bits per heavy atom. The number of fused-ring (bicyclic) bond motifs is 1. The van der Waals surface area contributed by atoms with Crippen molar-refractivity contribution in [2.24, 2.45) is 7.05 Å². The lowest BCUT2D eigenvalue weighted by atomic mass is 10.1. The van der Waals surface area contributed by atoms with E-state index in [9.17, 15) is 4.57 Å². The number of nitrogens with two attached hydrogens (primary N) is 1. The molecule has 0 radical (unpaired) electrons. The molecule has 0 fully saturated rings. The average Bonchev–Trinajstić information content (AvgIpc) is 3.04. The van der Waals surface area contributed by atoms with Crippen LogP contribution in [0.15, 0.2) is 36.8 Å². The zero-order valence-corrected chi connectivity index (χ0v) is 17.9. The Bertz CT molecular complexity index is 1010. The largest absolute Gasteiger partial charge is 0.494 e. The third-order valence-corrected chi connectivity index (χ3v) is 6.59. The molecule has 0 spiro atoms. The number of nitrogens with zero attached hydrogens (tertiary/aromatic N) is 3. The molecule has 0 bridgehead atoms. The Morgan fingerprint density at radius 1 is 1.17 bits per heavy atom. The topological polar surface area (TPSA) is 101 Å². The number of ether oxygens (including phenoxy) is 1. The molecule has 2 N–H and O–H groups in total. The van der Waals surface area contributed by atoms with Crippen LogP contribution in [0.2, 0.25) is 0 Å². The second-order valence-corrected chi connectivity index (χ2v) is 8.70. The zero-order chi connectivity index (χ0) is 20.9. The standard InChI is InChI=1S/C20H27N4O4P/c1-4-27-29(25,28-5-2)11-7-10-26-16-9-6-8-15(12-16)17-13-24(3)20-18(17)19(21)22-14-23-20/h6,8-9,12-14H,4-5,7,10-11H2,1-3H3,(H2,21,22,23). The highest BCUT2D eigenvalue weighted by Gasteiger charge is 2.22. The van der Waals surface area contributed by atoms with Gasteiger partial charge in [-0.1, -0.05) is 12.1 Å². The van der Waals surface area contributed by atoms with Crippen LogP contribution in [0.4, 0.5) is 5.82 Å². The van der Waals surface area contributed by atoms with Crippen molar-refractivity contribution in [1.29, 1.82) is 0 Å². The Balaban J connectivity index is 1.71. The van der Waals surface area contributed by atoms with Gasteiger partial charge in [0.05, 0.1) is 31.4 Å². The summed E-state index contributed by atoms with van der Waals surface area (Å²) >= 11 is 0. The number of benzene rings is 1. The number of anilines is 1. The number of aryl methyl sites for hydroxylation is 1. The fourth-order valence-electron chi connectivity index (χ4n) is 3.21. The van der Waals surface area contributed by atoms with E-state index in [1.165, 1.54) is 6.33 Å². The minimum atomic E-state index is -3.04. The summed E-state index contributed by atoms with van der Waals surface area (Å²) in [4.78, 5) is 8.43. The smallest absolute Gasteiger partial charge is 0.330 e. The van der Waals surface area contributed by atoms with Gasteiger partial charge in [0.15, 0.2) is 0 Å². The average molecular weight is 418 g/mol. The molecule has 3 rings (SSSR count). The summed E-state index contributed by atoms with van der Waals surface area (Å²) in [6.45, 7) is 4.74. The van der Waals surface area contributed by atoms with Gasteiger partial charge in [-0.3, -0.25) is 4.57 Å². The number of hydrogen-bond donors (Lipinski definition) is 1. The first kappa shape index (κ1) is 21.3. The van der Waals surface area contributed by atoms with Gasteiger partial charge in [-0.2, -0.15) is 0 Å². The Hall–Kier alpha value is -2.41. The first-order valence-electron chi connectivity index (χ1n) is 9.64. The molecule has 0 saturated carbocycles. The summed E-state index contributed by atoms with van der Waals surface area (Å²) in [7, 11) is -1.11. The molecule has 29 heavy (non-hydrogen) atoms. The van der Waals surface area contributed by atoms with Crippen LogP contribution in [0.5, 0.6) is 5.75 Å². The molecule has 2 aromatic heterocycles. The van der Waals surface area contributed by atoms with E-state index in [1.807, 2.05) is 42.1 Å². The van der Waals surface area contributed by atoms with Crippen molar-refractivity contribution in [2.75, 3.05) is 31.7 Å². The van der Waals surface area contributed by atoms with Gasteiger partial charge in [-0.25, -0.2) is 9.97 Å². The number of rotatable bonds is 10. The predicted octanol–water partition coefficient (Wildman–Crippen LogP) is 4.25. The lowest BCUT2D eigenvalue weighted by Gasteiger charge is -2.17. The third-order valence-electron chi connectivity index (χ3n) is 4.42. The summed E-state index contributed by atoms with van der Waals surface area (Å²) in [6.07, 6.45) is 4.33. The lowest BCUT2D eigenvalue weighted by Crippen LogP contribution is -2.05. The minimum Gasteiger partial charge on any atom is -0.494 e. The SMILES string of the molecule is CCOP(=O)(CCCOc1cccc(-c2cn(C)c3ncnc(N)c23)c1)OCC. The Kier molecular flexibility index (Phi) is 6.90. The van der Waals surface area contributed by atoms with E-state index in [4.69, 9.17) is 19.5 Å². The van der Waals surface area contributed by atoms with Crippen molar-refractivity contribution in [3.05, 3.63) is 36.8 Å². The molecule has 0 saturated heterocycles. The first-order valence-corrected chi connectivity index (χ1v) is 11.4. The van der Waals surface area contributed by atoms with Crippen molar-refractivity contribution in [3.63, 3.8) is 0 Å². The molecule has 156 valence electrons. The second-order valence-electron chi connectivity index (χ2n) is 6.51. The van der Waals surface area contributed by atoms with Crippen molar-refractivity contribution in [3.8, 4) is 16.9 Å². The number of nitrogen functional groups attached to an aromatic ring is 1. The van der Waals surface area contributed by atoms with E-state index in [0.717, 1.165) is 27.9 Å². The first-order chi connectivity index (χ1) is 14.0. The molecule has 8 nitrogen and oxygen atoms in total. The highest BCUT2D eigenvalue weighted by molar-refractivity contribution is 7.53. The quantitative estimate of drug-likeness (QED) is 0.388. The third kappa shape index (κ3) is 4.96. The van der Waals surface area contributed by atoms with Crippen LogP contribution in [0.1, 0.15) is 20.3 Å². The van der Waals surface area contributed by atoms with E-state index in [2.05, 4.69) is 9.97 Å². The van der Waals surface area contributed by atoms with Crippen molar-refractivity contribution < 1.29 is 18.3 Å². The minimum absolute atomic E-state index is 0.325. The van der Waals surface area contributed by atoms with Gasteiger partial charge in [0.25, 0.3) is 0 Å². The van der Waals surface area contributed by atoms with Crippen LogP contribution in [0.3, 0.4) is 0 Å². The molecule has 0 amide bonds. The van der Waals surface area contributed by atoms with Crippen LogP contribution in [0.25, 0.3) is 22.2 Å². The van der Waals surface area contributed by atoms with Gasteiger partial charge in [0.2, 0.25) is 0 Å². The molecule has 9 heteroatoms. The van der Waals surface area contributed by atoms with Gasteiger partial charge in [-0.15, -0.1) is 0 Å². The fraction of sp³-hybridized carbons (Fsp3) is 0.400. The summed E-state index contributed by atoms with van der Waals surface area (Å²) < 4.78 is 30.9. The summed E-state index contributed by atoms with van der Waals surface area (Å²) in [5.41, 5.74) is 8.78. The van der Waals surface area contributed by atoms with Gasteiger partial charge in [0, 0.05) is 18.8 Å². The van der Waals surface area contributed by atoms with Crippen LogP contribution < -0.4 is 10.5 Å². The van der Waals surface area contributed by atoms with Gasteiger partial charge >= 0.3 is 7.60 Å². The highest BCUT2D eigenvalue weighted by Crippen LogP contribution is 2.48. The van der Waals surface area contributed by atoms with E-state index in [-0.39, 0.29) is 0 Å². The van der Waals surface area contributed by atoms with Gasteiger partial charge in [0.1, 0.15) is 23.5 Å². The molecule has 0 aliphatic rings. The molecule has 0 aliphatic carbocycles. The van der Waals surface area contributed by atoms with E-state index in [1.54, 1.807) is 13.8 Å². The summed E-state index contributed by atoms with van der Waals surface area (Å²) in [5.74, 6) is 1.16. The highest BCUT2D eigenvalue weighted by atomic mass is 31.2. The van der Waals surface area contributed by atoms with Gasteiger partial charge < -0.3 is 24.1 Å². The van der Waals surface area contributed by atoms with E-state index >= 15 is 0 Å². The van der Waals surface area contributed by atoms with Gasteiger partial charge in [-0.05, 0) is 38.0 Å². The predicted molar refractivity (Wildman–Crippen MR) is 114 cm³/mol. The van der Waals surface area contributed by atoms with Crippen molar-refractivity contribution in [2.45, 2.75) is 20.3 Å². The zero-order valence-electron chi connectivity index (χ0n) is 17.0. The number of hydrogen-bond acceptors (Lipinski definition) is 7.